The Bertz CT molecular complexity index is 1630. The molecule has 1 aliphatic carbocycles. The summed E-state index contributed by atoms with van der Waals surface area (Å²) in [6.45, 7) is 0. The SMILES string of the molecule is CNC(=O)C1CCC(n2nc(-c3cc4nc(-c5ccccn5)ccc4cc3Cl)c3c(N)ncnc32)CC1. The molecule has 0 radical (unpaired) electrons. The molecule has 0 atom stereocenters. The van der Waals surface area contributed by atoms with Crippen molar-refractivity contribution in [2.45, 2.75) is 31.7 Å². The van der Waals surface area contributed by atoms with Crippen molar-refractivity contribution in [2.24, 2.45) is 5.92 Å². The summed E-state index contributed by atoms with van der Waals surface area (Å²) in [6, 6.07) is 13.6. The molecule has 0 saturated heterocycles. The summed E-state index contributed by atoms with van der Waals surface area (Å²) >= 11 is 6.80. The van der Waals surface area contributed by atoms with Crippen molar-refractivity contribution in [2.75, 3.05) is 12.8 Å². The number of anilines is 1. The molecule has 1 aliphatic rings. The van der Waals surface area contributed by atoms with Crippen molar-refractivity contribution in [3.8, 4) is 22.6 Å². The zero-order valence-electron chi connectivity index (χ0n) is 20.2. The van der Waals surface area contributed by atoms with Gasteiger partial charge in [-0.15, -0.1) is 0 Å². The topological polar surface area (TPSA) is 124 Å². The van der Waals surface area contributed by atoms with E-state index >= 15 is 0 Å². The van der Waals surface area contributed by atoms with Gasteiger partial charge in [0.15, 0.2) is 5.65 Å². The second-order valence-corrected chi connectivity index (χ2v) is 9.71. The summed E-state index contributed by atoms with van der Waals surface area (Å²) in [5.74, 6) is 0.463. The van der Waals surface area contributed by atoms with Gasteiger partial charge in [-0.2, -0.15) is 5.10 Å². The van der Waals surface area contributed by atoms with Crippen LogP contribution >= 0.6 is 11.6 Å². The minimum atomic E-state index is 0.0246. The number of halogens is 1. The lowest BCUT2D eigenvalue weighted by Gasteiger charge is -2.27. The van der Waals surface area contributed by atoms with Crippen LogP contribution in [-0.2, 0) is 4.79 Å². The Kier molecular flexibility index (Phi) is 5.92. The molecule has 4 aromatic heterocycles. The molecular weight excluding hydrogens is 488 g/mol. The highest BCUT2D eigenvalue weighted by molar-refractivity contribution is 6.34. The van der Waals surface area contributed by atoms with Crippen LogP contribution in [0.25, 0.3) is 44.6 Å². The number of pyridine rings is 2. The van der Waals surface area contributed by atoms with E-state index in [1.54, 1.807) is 13.2 Å². The van der Waals surface area contributed by atoms with Crippen molar-refractivity contribution in [1.29, 1.82) is 0 Å². The number of benzene rings is 1. The predicted molar refractivity (Wildman–Crippen MR) is 144 cm³/mol. The molecule has 0 spiro atoms. The van der Waals surface area contributed by atoms with Crippen LogP contribution in [0.4, 0.5) is 5.82 Å². The normalized spacial score (nSPS) is 17.8. The average Bonchev–Trinajstić information content (AvgIpc) is 3.33. The van der Waals surface area contributed by atoms with E-state index in [1.807, 2.05) is 47.1 Å². The van der Waals surface area contributed by atoms with Crippen LogP contribution in [0.3, 0.4) is 0 Å². The first-order chi connectivity index (χ1) is 18.0. The van der Waals surface area contributed by atoms with Gasteiger partial charge in [0.1, 0.15) is 17.8 Å². The molecule has 186 valence electrons. The minimum absolute atomic E-state index is 0.0246. The second kappa shape index (κ2) is 9.40. The van der Waals surface area contributed by atoms with E-state index < -0.39 is 0 Å². The summed E-state index contributed by atoms with van der Waals surface area (Å²) in [6.07, 6.45) is 6.42. The molecule has 6 rings (SSSR count). The molecular formula is C27H25ClN8O. The minimum Gasteiger partial charge on any atom is -0.383 e. The van der Waals surface area contributed by atoms with Gasteiger partial charge in [0.25, 0.3) is 0 Å². The molecule has 0 unspecified atom stereocenters. The van der Waals surface area contributed by atoms with Crippen LogP contribution in [0, 0.1) is 5.92 Å². The number of fused-ring (bicyclic) bond motifs is 2. The van der Waals surface area contributed by atoms with Crippen molar-refractivity contribution >= 4 is 45.3 Å². The highest BCUT2D eigenvalue weighted by atomic mass is 35.5. The third-order valence-corrected chi connectivity index (χ3v) is 7.45. The number of hydrogen-bond donors (Lipinski definition) is 2. The van der Waals surface area contributed by atoms with E-state index in [-0.39, 0.29) is 17.9 Å². The fourth-order valence-corrected chi connectivity index (χ4v) is 5.47. The molecule has 9 nitrogen and oxygen atoms in total. The number of hydrogen-bond acceptors (Lipinski definition) is 7. The molecule has 0 bridgehead atoms. The largest absolute Gasteiger partial charge is 0.383 e. The molecule has 3 N–H and O–H groups in total. The Labute approximate surface area is 218 Å². The van der Waals surface area contributed by atoms with Gasteiger partial charge in [-0.25, -0.2) is 19.6 Å². The molecule has 5 aromatic rings. The fraction of sp³-hybridized carbons (Fsp3) is 0.259. The first kappa shape index (κ1) is 23.3. The first-order valence-electron chi connectivity index (χ1n) is 12.3. The summed E-state index contributed by atoms with van der Waals surface area (Å²) in [5, 5.41) is 9.87. The van der Waals surface area contributed by atoms with E-state index in [1.165, 1.54) is 6.33 Å². The van der Waals surface area contributed by atoms with Crippen molar-refractivity contribution < 1.29 is 4.79 Å². The van der Waals surface area contributed by atoms with Crippen LogP contribution in [0.15, 0.2) is 55.0 Å². The number of rotatable bonds is 4. The highest BCUT2D eigenvalue weighted by Crippen LogP contribution is 2.40. The summed E-state index contributed by atoms with van der Waals surface area (Å²) in [4.78, 5) is 30.2. The van der Waals surface area contributed by atoms with Crippen LogP contribution < -0.4 is 11.1 Å². The highest BCUT2D eigenvalue weighted by Gasteiger charge is 2.30. The molecule has 1 amide bonds. The summed E-state index contributed by atoms with van der Waals surface area (Å²) in [5.41, 5.74) is 10.7. The van der Waals surface area contributed by atoms with Gasteiger partial charge < -0.3 is 11.1 Å². The van der Waals surface area contributed by atoms with Crippen molar-refractivity contribution in [1.82, 2.24) is 35.0 Å². The predicted octanol–water partition coefficient (Wildman–Crippen LogP) is 4.82. The first-order valence-corrected chi connectivity index (χ1v) is 12.6. The zero-order valence-corrected chi connectivity index (χ0v) is 21.0. The number of nitrogens with two attached hydrogens (primary N) is 1. The third-order valence-electron chi connectivity index (χ3n) is 7.14. The summed E-state index contributed by atoms with van der Waals surface area (Å²) < 4.78 is 1.93. The standard InChI is InChI=1S/C27H25ClN8O/c1-30-27(37)15-5-8-17(9-6-15)36-26-23(25(29)32-14-33-26)24(35-36)18-13-22-16(12-19(18)28)7-10-21(34-22)20-4-2-3-11-31-20/h2-4,7,10-15,17H,5-6,8-9H2,1H3,(H,30,37)(H2,29,32,33). The number of carbonyl (C=O) groups is 1. The number of carbonyl (C=O) groups excluding carboxylic acids is 1. The van der Waals surface area contributed by atoms with Crippen molar-refractivity contribution in [3.05, 3.63) is 60.0 Å². The molecule has 1 saturated carbocycles. The van der Waals surface area contributed by atoms with Gasteiger partial charge in [-0.3, -0.25) is 9.78 Å². The molecule has 37 heavy (non-hydrogen) atoms. The lowest BCUT2D eigenvalue weighted by molar-refractivity contribution is -0.125. The van der Waals surface area contributed by atoms with Gasteiger partial charge in [0.2, 0.25) is 5.91 Å². The maximum Gasteiger partial charge on any atom is 0.222 e. The van der Waals surface area contributed by atoms with Crippen molar-refractivity contribution in [3.63, 3.8) is 0 Å². The number of nitrogens with zero attached hydrogens (tertiary/aromatic N) is 6. The number of nitrogen functional groups attached to an aromatic ring is 1. The summed E-state index contributed by atoms with van der Waals surface area (Å²) in [7, 11) is 1.68. The maximum absolute atomic E-state index is 12.1. The van der Waals surface area contributed by atoms with Gasteiger partial charge in [0, 0.05) is 30.1 Å². The van der Waals surface area contributed by atoms with Crippen LogP contribution in [0.1, 0.15) is 31.7 Å². The number of amides is 1. The van der Waals surface area contributed by atoms with Gasteiger partial charge in [-0.1, -0.05) is 23.7 Å². The van der Waals surface area contributed by atoms with E-state index in [4.69, 9.17) is 27.4 Å². The van der Waals surface area contributed by atoms with E-state index in [0.717, 1.165) is 48.0 Å². The van der Waals surface area contributed by atoms with Gasteiger partial charge in [-0.05, 0) is 56.0 Å². The molecule has 10 heteroatoms. The van der Waals surface area contributed by atoms with E-state index in [0.29, 0.717) is 33.1 Å². The monoisotopic (exact) mass is 512 g/mol. The van der Waals surface area contributed by atoms with Crippen LogP contribution in [0.5, 0.6) is 0 Å². The fourth-order valence-electron chi connectivity index (χ4n) is 5.21. The number of aromatic nitrogens is 6. The lowest BCUT2D eigenvalue weighted by atomic mass is 9.85. The molecule has 4 heterocycles. The molecule has 1 fully saturated rings. The smallest absolute Gasteiger partial charge is 0.222 e. The average molecular weight is 513 g/mol. The van der Waals surface area contributed by atoms with Crippen LogP contribution in [0.2, 0.25) is 5.02 Å². The van der Waals surface area contributed by atoms with E-state index in [2.05, 4.69) is 20.3 Å². The van der Waals surface area contributed by atoms with Crippen LogP contribution in [-0.4, -0.2) is 42.7 Å². The molecule has 0 aliphatic heterocycles. The Hall–Kier alpha value is -4.11. The second-order valence-electron chi connectivity index (χ2n) is 9.31. The Morgan fingerprint density at radius 1 is 1.05 bits per heavy atom. The van der Waals surface area contributed by atoms with Gasteiger partial charge in [0.05, 0.1) is 33.4 Å². The van der Waals surface area contributed by atoms with Gasteiger partial charge >= 0.3 is 0 Å². The Morgan fingerprint density at radius 2 is 1.89 bits per heavy atom. The third kappa shape index (κ3) is 4.15. The quantitative estimate of drug-likeness (QED) is 0.353. The molecule has 1 aromatic carbocycles. The zero-order chi connectivity index (χ0) is 25.5. The van der Waals surface area contributed by atoms with E-state index in [9.17, 15) is 4.79 Å². The number of nitrogens with one attached hydrogen (secondary N) is 1. The Balaban J connectivity index is 1.45. The maximum atomic E-state index is 12.1. The lowest BCUT2D eigenvalue weighted by Crippen LogP contribution is -2.31. The Morgan fingerprint density at radius 3 is 2.65 bits per heavy atom.